The summed E-state index contributed by atoms with van der Waals surface area (Å²) in [5, 5.41) is 6.11. The number of carbonyl (C=O) groups excluding carboxylic acids is 1. The molecule has 0 saturated carbocycles. The van der Waals surface area contributed by atoms with Gasteiger partial charge in [-0.2, -0.15) is 0 Å². The van der Waals surface area contributed by atoms with E-state index >= 15 is 0 Å². The molecule has 1 fully saturated rings. The fourth-order valence-electron chi connectivity index (χ4n) is 3.26. The maximum absolute atomic E-state index is 12.6. The molecule has 3 rings (SSSR count). The minimum Gasteiger partial charge on any atom is -0.427 e. The Bertz CT molecular complexity index is 852. The molecule has 2 heterocycles. The average Bonchev–Trinajstić information content (AvgIpc) is 2.62. The van der Waals surface area contributed by atoms with Gasteiger partial charge in [-0.3, -0.25) is 4.79 Å². The number of nitrogens with zero attached hydrogens (tertiary/aromatic N) is 1. The highest BCUT2D eigenvalue weighted by atomic mass is 16.4. The van der Waals surface area contributed by atoms with E-state index in [1.807, 2.05) is 43.3 Å². The topological polar surface area (TPSA) is 74.6 Å². The highest BCUT2D eigenvalue weighted by molar-refractivity contribution is 6.05. The van der Waals surface area contributed by atoms with E-state index in [2.05, 4.69) is 10.6 Å². The Hall–Kier alpha value is -2.60. The van der Waals surface area contributed by atoms with E-state index in [1.54, 1.807) is 13.0 Å². The van der Waals surface area contributed by atoms with Crippen molar-refractivity contribution in [3.63, 3.8) is 0 Å². The summed E-state index contributed by atoms with van der Waals surface area (Å²) in [6.07, 6.45) is 2.04. The zero-order valence-electron chi connectivity index (χ0n) is 15.5. The van der Waals surface area contributed by atoms with Crippen LogP contribution in [0.4, 0.5) is 11.4 Å². The van der Waals surface area contributed by atoms with Crippen molar-refractivity contribution in [3.05, 3.63) is 57.6 Å². The van der Waals surface area contributed by atoms with Crippen molar-refractivity contribution >= 4 is 17.3 Å². The van der Waals surface area contributed by atoms with Gasteiger partial charge < -0.3 is 20.0 Å². The molecule has 1 aromatic heterocycles. The largest absolute Gasteiger partial charge is 0.427 e. The lowest BCUT2D eigenvalue weighted by molar-refractivity contribution is 0.102. The Balaban J connectivity index is 1.83. The van der Waals surface area contributed by atoms with Gasteiger partial charge in [0.2, 0.25) is 0 Å². The maximum Gasteiger partial charge on any atom is 0.349 e. The zero-order chi connectivity index (χ0) is 18.7. The monoisotopic (exact) mass is 355 g/mol. The number of carbonyl (C=O) groups is 1. The quantitative estimate of drug-likeness (QED) is 0.882. The summed E-state index contributed by atoms with van der Waals surface area (Å²) < 4.78 is 5.48. The third-order valence-electron chi connectivity index (χ3n) is 4.71. The van der Waals surface area contributed by atoms with Crippen molar-refractivity contribution in [2.75, 3.05) is 37.4 Å². The molecule has 1 saturated heterocycles. The maximum atomic E-state index is 12.6. The van der Waals surface area contributed by atoms with E-state index in [0.717, 1.165) is 31.6 Å². The van der Waals surface area contributed by atoms with Crippen LogP contribution in [0.3, 0.4) is 0 Å². The van der Waals surface area contributed by atoms with Crippen molar-refractivity contribution in [1.82, 2.24) is 5.32 Å². The lowest BCUT2D eigenvalue weighted by Gasteiger charge is -2.22. The first kappa shape index (κ1) is 18.2. The predicted molar refractivity (Wildman–Crippen MR) is 103 cm³/mol. The smallest absolute Gasteiger partial charge is 0.349 e. The highest BCUT2D eigenvalue weighted by Crippen LogP contribution is 2.24. The molecule has 2 N–H and O–H groups in total. The van der Waals surface area contributed by atoms with E-state index in [1.165, 1.54) is 0 Å². The van der Waals surface area contributed by atoms with Crippen LogP contribution in [0.2, 0.25) is 0 Å². The summed E-state index contributed by atoms with van der Waals surface area (Å²) in [5.74, 6) is 0.398. The summed E-state index contributed by atoms with van der Waals surface area (Å²) in [4.78, 5) is 27.0. The Morgan fingerprint density at radius 2 is 2.12 bits per heavy atom. The molecule has 1 unspecified atom stereocenters. The zero-order valence-corrected chi connectivity index (χ0v) is 15.5. The molecule has 0 spiro atoms. The first-order valence-corrected chi connectivity index (χ1v) is 8.90. The second-order valence-electron chi connectivity index (χ2n) is 6.94. The van der Waals surface area contributed by atoms with Gasteiger partial charge in [-0.15, -0.1) is 0 Å². The van der Waals surface area contributed by atoms with Crippen molar-refractivity contribution in [2.45, 2.75) is 25.7 Å². The molecule has 6 heteroatoms. The third-order valence-corrected chi connectivity index (χ3v) is 4.71. The van der Waals surface area contributed by atoms with Crippen molar-refractivity contribution in [3.8, 4) is 0 Å². The summed E-state index contributed by atoms with van der Waals surface area (Å²) in [6, 6.07) is 9.28. The first-order chi connectivity index (χ1) is 12.5. The number of benzene rings is 1. The van der Waals surface area contributed by atoms with Gasteiger partial charge in [0.15, 0.2) is 0 Å². The van der Waals surface area contributed by atoms with Gasteiger partial charge in [0, 0.05) is 37.9 Å². The van der Waals surface area contributed by atoms with Gasteiger partial charge in [0.05, 0.1) is 0 Å². The van der Waals surface area contributed by atoms with Gasteiger partial charge in [0.25, 0.3) is 5.91 Å². The fourth-order valence-corrected chi connectivity index (χ4v) is 3.26. The van der Waals surface area contributed by atoms with E-state index in [9.17, 15) is 9.59 Å². The molecule has 1 aromatic carbocycles. The van der Waals surface area contributed by atoms with Gasteiger partial charge in [0.1, 0.15) is 11.3 Å². The van der Waals surface area contributed by atoms with Crippen LogP contribution in [0.25, 0.3) is 0 Å². The third kappa shape index (κ3) is 3.96. The van der Waals surface area contributed by atoms with Crippen LogP contribution in [0.5, 0.6) is 0 Å². The van der Waals surface area contributed by atoms with Crippen LogP contribution >= 0.6 is 0 Å². The fraction of sp³-hybridized carbons (Fsp3) is 0.400. The van der Waals surface area contributed by atoms with E-state index in [-0.39, 0.29) is 11.5 Å². The molecule has 0 radical (unpaired) electrons. The van der Waals surface area contributed by atoms with Crippen molar-refractivity contribution in [1.29, 1.82) is 0 Å². The van der Waals surface area contributed by atoms with E-state index in [4.69, 9.17) is 4.42 Å². The number of rotatable bonds is 4. The van der Waals surface area contributed by atoms with Gasteiger partial charge in [-0.25, -0.2) is 4.79 Å². The van der Waals surface area contributed by atoms with Crippen LogP contribution in [0, 0.1) is 6.92 Å². The van der Waals surface area contributed by atoms with Gasteiger partial charge in [-0.1, -0.05) is 6.07 Å². The molecule has 26 heavy (non-hydrogen) atoms. The highest BCUT2D eigenvalue weighted by Gasteiger charge is 2.22. The van der Waals surface area contributed by atoms with Crippen molar-refractivity contribution < 1.29 is 9.21 Å². The molecular formula is C20H25N3O3. The minimum absolute atomic E-state index is 0.0628. The van der Waals surface area contributed by atoms with Crippen LogP contribution < -0.4 is 21.2 Å². The minimum atomic E-state index is -0.577. The van der Waals surface area contributed by atoms with Crippen molar-refractivity contribution in [2.24, 2.45) is 0 Å². The standard InChI is InChI=1S/C20H25N3O3/c1-13-10-17(14-6-5-9-21-12-14)26-20(25)18(13)19(24)22-15-7-4-8-16(11-15)23(2)3/h4,7-8,10-11,14,21H,5-6,9,12H2,1-3H3,(H,22,24). The summed E-state index contributed by atoms with van der Waals surface area (Å²) in [5.41, 5.74) is 1.73. The predicted octanol–water partition coefficient (Wildman–Crippen LogP) is 2.73. The second-order valence-corrected chi connectivity index (χ2v) is 6.94. The Kier molecular flexibility index (Phi) is 5.42. The molecule has 2 aromatic rings. The first-order valence-electron chi connectivity index (χ1n) is 8.90. The van der Waals surface area contributed by atoms with E-state index < -0.39 is 11.5 Å². The normalized spacial score (nSPS) is 17.0. The van der Waals surface area contributed by atoms with Crippen LogP contribution in [-0.4, -0.2) is 33.1 Å². The average molecular weight is 355 g/mol. The number of aryl methyl sites for hydroxylation is 1. The lowest BCUT2D eigenvalue weighted by Crippen LogP contribution is -2.30. The molecule has 1 aliphatic heterocycles. The molecular weight excluding hydrogens is 330 g/mol. The number of amides is 1. The number of anilines is 2. The second kappa shape index (κ2) is 7.74. The molecule has 1 atom stereocenters. The summed E-state index contributed by atoms with van der Waals surface area (Å²) in [7, 11) is 3.86. The number of nitrogens with one attached hydrogen (secondary N) is 2. The van der Waals surface area contributed by atoms with Crippen LogP contribution in [0.15, 0.2) is 39.5 Å². The van der Waals surface area contributed by atoms with Crippen LogP contribution in [0.1, 0.15) is 40.4 Å². The summed E-state index contributed by atoms with van der Waals surface area (Å²) >= 11 is 0. The summed E-state index contributed by atoms with van der Waals surface area (Å²) in [6.45, 7) is 3.57. The molecule has 0 bridgehead atoms. The van der Waals surface area contributed by atoms with E-state index in [0.29, 0.717) is 17.0 Å². The van der Waals surface area contributed by atoms with Crippen LogP contribution in [-0.2, 0) is 0 Å². The Labute approximate surface area is 153 Å². The Morgan fingerprint density at radius 1 is 1.31 bits per heavy atom. The lowest BCUT2D eigenvalue weighted by atomic mass is 9.95. The molecule has 1 amide bonds. The molecule has 6 nitrogen and oxygen atoms in total. The number of piperidine rings is 1. The number of hydrogen-bond donors (Lipinski definition) is 2. The number of hydrogen-bond acceptors (Lipinski definition) is 5. The molecule has 138 valence electrons. The van der Waals surface area contributed by atoms with Gasteiger partial charge >= 0.3 is 5.63 Å². The molecule has 0 aliphatic carbocycles. The molecule has 1 aliphatic rings. The van der Waals surface area contributed by atoms with Gasteiger partial charge in [-0.05, 0) is 56.1 Å². The SMILES string of the molecule is Cc1cc(C2CCCNC2)oc(=O)c1C(=O)Nc1cccc(N(C)C)c1. The Morgan fingerprint density at radius 3 is 2.77 bits per heavy atom.